The Morgan fingerprint density at radius 1 is 0.759 bits per heavy atom. The summed E-state index contributed by atoms with van der Waals surface area (Å²) < 4.78 is 0. The molecule has 0 saturated heterocycles. The van der Waals surface area contributed by atoms with Crippen molar-refractivity contribution in [1.82, 2.24) is 5.01 Å². The lowest BCUT2D eigenvalue weighted by Crippen LogP contribution is -2.27. The van der Waals surface area contributed by atoms with Crippen molar-refractivity contribution in [3.05, 3.63) is 120 Å². The van der Waals surface area contributed by atoms with Crippen LogP contribution in [0.15, 0.2) is 108 Å². The first-order chi connectivity index (χ1) is 14.3. The molecule has 5 rings (SSSR count). The molecule has 1 amide bonds. The lowest BCUT2D eigenvalue weighted by Gasteiger charge is -2.22. The second-order valence-corrected chi connectivity index (χ2v) is 7.25. The highest BCUT2D eigenvalue weighted by Gasteiger charge is 2.33. The Labute approximate surface area is 169 Å². The third-order valence-corrected chi connectivity index (χ3v) is 5.41. The van der Waals surface area contributed by atoms with Crippen LogP contribution in [-0.2, 0) is 0 Å². The van der Waals surface area contributed by atoms with E-state index in [0.717, 1.165) is 16.8 Å². The fraction of sp³-hybridized carbons (Fsp3) is 0.0769. The van der Waals surface area contributed by atoms with Crippen molar-refractivity contribution in [2.45, 2.75) is 12.5 Å². The van der Waals surface area contributed by atoms with Gasteiger partial charge in [-0.2, -0.15) is 5.10 Å². The van der Waals surface area contributed by atoms with Gasteiger partial charge in [0.05, 0.1) is 11.8 Å². The molecule has 3 heteroatoms. The van der Waals surface area contributed by atoms with Gasteiger partial charge in [-0.1, -0.05) is 84.9 Å². The molecule has 0 saturated carbocycles. The first kappa shape index (κ1) is 17.4. The van der Waals surface area contributed by atoms with Crippen molar-refractivity contribution in [2.24, 2.45) is 5.10 Å². The number of hydrogen-bond acceptors (Lipinski definition) is 2. The molecule has 3 nitrogen and oxygen atoms in total. The third kappa shape index (κ3) is 3.32. The highest BCUT2D eigenvalue weighted by atomic mass is 16.2. The fourth-order valence-electron chi connectivity index (χ4n) is 3.89. The predicted molar refractivity (Wildman–Crippen MR) is 117 cm³/mol. The van der Waals surface area contributed by atoms with Crippen LogP contribution in [0.1, 0.15) is 33.9 Å². The third-order valence-electron chi connectivity index (χ3n) is 5.41. The molecule has 0 N–H and O–H groups in total. The second-order valence-electron chi connectivity index (χ2n) is 7.25. The van der Waals surface area contributed by atoms with Crippen LogP contribution in [0.4, 0.5) is 0 Å². The van der Waals surface area contributed by atoms with E-state index in [1.807, 2.05) is 60.7 Å². The minimum absolute atomic E-state index is 0.0738. The van der Waals surface area contributed by atoms with Gasteiger partial charge in [-0.25, -0.2) is 5.01 Å². The molecule has 4 aromatic rings. The number of carbonyl (C=O) groups is 1. The van der Waals surface area contributed by atoms with Gasteiger partial charge in [0.15, 0.2) is 0 Å². The Hall–Kier alpha value is -3.72. The van der Waals surface area contributed by atoms with E-state index in [0.29, 0.717) is 12.0 Å². The van der Waals surface area contributed by atoms with Gasteiger partial charge in [0, 0.05) is 12.0 Å². The predicted octanol–water partition coefficient (Wildman–Crippen LogP) is 5.83. The lowest BCUT2D eigenvalue weighted by atomic mass is 9.97. The van der Waals surface area contributed by atoms with Gasteiger partial charge in [0.25, 0.3) is 5.91 Å². The standard InChI is InChI=1S/C26H20N2O/c29-26(21-12-5-2-6-13-21)28-25(20-10-3-1-4-11-20)18-24(27-28)23-16-15-19-9-7-8-14-22(19)17-23/h1-17,25H,18H2/t25-/m0/s1. The number of fused-ring (bicyclic) bond motifs is 1. The molecule has 140 valence electrons. The Morgan fingerprint density at radius 3 is 2.17 bits per heavy atom. The molecule has 0 radical (unpaired) electrons. The Bertz CT molecular complexity index is 1200. The van der Waals surface area contributed by atoms with Crippen molar-refractivity contribution >= 4 is 22.4 Å². The quantitative estimate of drug-likeness (QED) is 0.443. The van der Waals surface area contributed by atoms with Crippen LogP contribution >= 0.6 is 0 Å². The van der Waals surface area contributed by atoms with E-state index in [1.165, 1.54) is 10.8 Å². The number of hydrogen-bond donors (Lipinski definition) is 0. The maximum Gasteiger partial charge on any atom is 0.274 e. The van der Waals surface area contributed by atoms with Crippen LogP contribution < -0.4 is 0 Å². The molecule has 4 aromatic carbocycles. The van der Waals surface area contributed by atoms with Crippen molar-refractivity contribution < 1.29 is 4.79 Å². The Balaban J connectivity index is 1.56. The number of hydrazone groups is 1. The molecule has 1 aliphatic rings. The van der Waals surface area contributed by atoms with Crippen LogP contribution in [-0.4, -0.2) is 16.6 Å². The van der Waals surface area contributed by atoms with E-state index in [1.54, 1.807) is 5.01 Å². The summed E-state index contributed by atoms with van der Waals surface area (Å²) in [5.74, 6) is -0.0738. The van der Waals surface area contributed by atoms with Crippen LogP contribution in [0, 0.1) is 0 Å². The van der Waals surface area contributed by atoms with Crippen molar-refractivity contribution in [2.75, 3.05) is 0 Å². The zero-order chi connectivity index (χ0) is 19.6. The second kappa shape index (κ2) is 7.36. The molecule has 0 spiro atoms. The average Bonchev–Trinajstić information content (AvgIpc) is 3.25. The number of rotatable bonds is 3. The summed E-state index contributed by atoms with van der Waals surface area (Å²) in [4.78, 5) is 13.2. The Kier molecular flexibility index (Phi) is 4.41. The van der Waals surface area contributed by atoms with Gasteiger partial charge in [-0.05, 0) is 40.1 Å². The van der Waals surface area contributed by atoms with Gasteiger partial charge in [0.1, 0.15) is 0 Å². The average molecular weight is 376 g/mol. The first-order valence-electron chi connectivity index (χ1n) is 9.80. The van der Waals surface area contributed by atoms with Crippen molar-refractivity contribution in [3.63, 3.8) is 0 Å². The van der Waals surface area contributed by atoms with Crippen LogP contribution in [0.25, 0.3) is 10.8 Å². The summed E-state index contributed by atoms with van der Waals surface area (Å²) in [6, 6.07) is 34.1. The molecule has 1 atom stereocenters. The van der Waals surface area contributed by atoms with E-state index in [4.69, 9.17) is 5.10 Å². The Morgan fingerprint density at radius 2 is 1.41 bits per heavy atom. The van der Waals surface area contributed by atoms with E-state index in [-0.39, 0.29) is 11.9 Å². The molecule has 1 aliphatic heterocycles. The topological polar surface area (TPSA) is 32.7 Å². The van der Waals surface area contributed by atoms with Crippen molar-refractivity contribution in [1.29, 1.82) is 0 Å². The van der Waals surface area contributed by atoms with Gasteiger partial charge in [0.2, 0.25) is 0 Å². The van der Waals surface area contributed by atoms with Gasteiger partial charge in [-0.15, -0.1) is 0 Å². The summed E-state index contributed by atoms with van der Waals surface area (Å²) in [5, 5.41) is 8.83. The highest BCUT2D eigenvalue weighted by Crippen LogP contribution is 2.34. The minimum Gasteiger partial charge on any atom is -0.267 e. The lowest BCUT2D eigenvalue weighted by molar-refractivity contribution is 0.0711. The summed E-state index contributed by atoms with van der Waals surface area (Å²) in [6.45, 7) is 0. The molecule has 1 heterocycles. The number of amides is 1. The van der Waals surface area contributed by atoms with Crippen LogP contribution in [0.2, 0.25) is 0 Å². The molecule has 0 fully saturated rings. The molecular weight excluding hydrogens is 356 g/mol. The monoisotopic (exact) mass is 376 g/mol. The van der Waals surface area contributed by atoms with E-state index in [2.05, 4.69) is 42.5 Å². The number of carbonyl (C=O) groups excluding carboxylic acids is 1. The molecular formula is C26H20N2O. The minimum atomic E-state index is -0.106. The van der Waals surface area contributed by atoms with Gasteiger partial charge < -0.3 is 0 Å². The summed E-state index contributed by atoms with van der Waals surface area (Å²) >= 11 is 0. The van der Waals surface area contributed by atoms with Gasteiger partial charge in [-0.3, -0.25) is 4.79 Å². The number of benzene rings is 4. The fourth-order valence-corrected chi connectivity index (χ4v) is 3.89. The molecule has 0 unspecified atom stereocenters. The molecule has 0 bridgehead atoms. The highest BCUT2D eigenvalue weighted by molar-refractivity contribution is 6.06. The first-order valence-corrected chi connectivity index (χ1v) is 9.80. The zero-order valence-electron chi connectivity index (χ0n) is 15.9. The maximum atomic E-state index is 13.2. The molecule has 0 aliphatic carbocycles. The van der Waals surface area contributed by atoms with E-state index < -0.39 is 0 Å². The van der Waals surface area contributed by atoms with Gasteiger partial charge >= 0.3 is 0 Å². The van der Waals surface area contributed by atoms with Crippen LogP contribution in [0.3, 0.4) is 0 Å². The SMILES string of the molecule is O=C(c1ccccc1)N1N=C(c2ccc3ccccc3c2)C[C@H]1c1ccccc1. The largest absolute Gasteiger partial charge is 0.274 e. The van der Waals surface area contributed by atoms with Crippen molar-refractivity contribution in [3.8, 4) is 0 Å². The van der Waals surface area contributed by atoms with E-state index in [9.17, 15) is 4.79 Å². The van der Waals surface area contributed by atoms with Crippen LogP contribution in [0.5, 0.6) is 0 Å². The normalized spacial score (nSPS) is 16.1. The molecule has 0 aromatic heterocycles. The summed E-state index contributed by atoms with van der Waals surface area (Å²) in [7, 11) is 0. The smallest absolute Gasteiger partial charge is 0.267 e. The zero-order valence-corrected chi connectivity index (χ0v) is 15.9. The number of nitrogens with zero attached hydrogens (tertiary/aromatic N) is 2. The van der Waals surface area contributed by atoms with E-state index >= 15 is 0 Å². The molecule has 29 heavy (non-hydrogen) atoms. The summed E-state index contributed by atoms with van der Waals surface area (Å²) in [5.41, 5.74) is 3.75. The summed E-state index contributed by atoms with van der Waals surface area (Å²) in [6.07, 6.45) is 0.695. The maximum absolute atomic E-state index is 13.2.